The summed E-state index contributed by atoms with van der Waals surface area (Å²) in [6, 6.07) is 8.80. The van der Waals surface area contributed by atoms with Crippen molar-refractivity contribution in [3.8, 4) is 11.5 Å². The highest BCUT2D eigenvalue weighted by atomic mass is 35.5. The topological polar surface area (TPSA) is 105 Å². The van der Waals surface area contributed by atoms with Crippen LogP contribution in [-0.4, -0.2) is 45.3 Å². The lowest BCUT2D eigenvalue weighted by molar-refractivity contribution is -0.131. The molecule has 2 aromatic carbocycles. The highest BCUT2D eigenvalue weighted by Crippen LogP contribution is 2.49. The SMILES string of the molecule is Cc1cc(O)c(C2NNC3C(=O)N(CCO)C(c4cccc(O)c4)C32)cc1Cl. The van der Waals surface area contributed by atoms with Gasteiger partial charge < -0.3 is 20.2 Å². The summed E-state index contributed by atoms with van der Waals surface area (Å²) in [6.45, 7) is 1.83. The van der Waals surface area contributed by atoms with Crippen LogP contribution in [0.3, 0.4) is 0 Å². The number of carbonyl (C=O) groups is 1. The van der Waals surface area contributed by atoms with Crippen molar-refractivity contribution in [1.29, 1.82) is 0 Å². The summed E-state index contributed by atoms with van der Waals surface area (Å²) in [6.07, 6.45) is 0. The quantitative estimate of drug-likeness (QED) is 0.533. The average molecular weight is 404 g/mol. The Bertz CT molecular complexity index is 922. The van der Waals surface area contributed by atoms with Crippen LogP contribution in [0.5, 0.6) is 11.5 Å². The van der Waals surface area contributed by atoms with Gasteiger partial charge in [0.05, 0.1) is 18.7 Å². The summed E-state index contributed by atoms with van der Waals surface area (Å²) >= 11 is 6.29. The third-order valence-corrected chi connectivity index (χ3v) is 6.02. The lowest BCUT2D eigenvalue weighted by atomic mass is 9.83. The van der Waals surface area contributed by atoms with E-state index in [4.69, 9.17) is 11.6 Å². The van der Waals surface area contributed by atoms with E-state index < -0.39 is 6.04 Å². The summed E-state index contributed by atoms with van der Waals surface area (Å²) in [5.41, 5.74) is 8.30. The maximum absolute atomic E-state index is 13.0. The molecule has 8 heteroatoms. The molecule has 2 aromatic rings. The van der Waals surface area contributed by atoms with Crippen molar-refractivity contribution in [2.24, 2.45) is 5.92 Å². The normalized spacial score (nSPS) is 26.7. The van der Waals surface area contributed by atoms with Crippen molar-refractivity contribution >= 4 is 17.5 Å². The van der Waals surface area contributed by atoms with Crippen molar-refractivity contribution in [2.45, 2.75) is 25.0 Å². The lowest BCUT2D eigenvalue weighted by Crippen LogP contribution is -2.42. The molecule has 28 heavy (non-hydrogen) atoms. The first-order chi connectivity index (χ1) is 13.4. The molecule has 2 aliphatic heterocycles. The number of hydrogen-bond acceptors (Lipinski definition) is 6. The Morgan fingerprint density at radius 1 is 1.14 bits per heavy atom. The van der Waals surface area contributed by atoms with Gasteiger partial charge >= 0.3 is 0 Å². The maximum Gasteiger partial charge on any atom is 0.242 e. The Morgan fingerprint density at radius 2 is 1.89 bits per heavy atom. The third kappa shape index (κ3) is 3.00. The van der Waals surface area contributed by atoms with Crippen LogP contribution in [0.15, 0.2) is 36.4 Å². The van der Waals surface area contributed by atoms with Crippen LogP contribution in [0, 0.1) is 12.8 Å². The van der Waals surface area contributed by atoms with Crippen molar-refractivity contribution in [3.63, 3.8) is 0 Å². The summed E-state index contributed by atoms with van der Waals surface area (Å²) in [4.78, 5) is 14.6. The molecule has 0 radical (unpaired) electrons. The van der Waals surface area contributed by atoms with Crippen LogP contribution in [-0.2, 0) is 4.79 Å². The summed E-state index contributed by atoms with van der Waals surface area (Å²) in [5, 5.41) is 30.5. The van der Waals surface area contributed by atoms with Crippen LogP contribution in [0.2, 0.25) is 5.02 Å². The summed E-state index contributed by atoms with van der Waals surface area (Å²) in [5.74, 6) is -0.204. The monoisotopic (exact) mass is 403 g/mol. The van der Waals surface area contributed by atoms with Crippen molar-refractivity contribution in [2.75, 3.05) is 13.2 Å². The van der Waals surface area contributed by atoms with Crippen LogP contribution < -0.4 is 10.9 Å². The Hall–Kier alpha value is -2.32. The minimum atomic E-state index is -0.525. The lowest BCUT2D eigenvalue weighted by Gasteiger charge is -2.31. The van der Waals surface area contributed by atoms with E-state index in [1.165, 1.54) is 0 Å². The first-order valence-corrected chi connectivity index (χ1v) is 9.50. The molecule has 148 valence electrons. The van der Waals surface area contributed by atoms with Gasteiger partial charge in [-0.25, -0.2) is 10.9 Å². The van der Waals surface area contributed by atoms with Crippen molar-refractivity contribution < 1.29 is 20.1 Å². The number of hydrazine groups is 1. The number of phenols is 2. The number of hydrogen-bond donors (Lipinski definition) is 5. The number of aliphatic hydroxyl groups excluding tert-OH is 1. The van der Waals surface area contributed by atoms with Gasteiger partial charge in [-0.1, -0.05) is 23.7 Å². The van der Waals surface area contributed by atoms with E-state index in [0.29, 0.717) is 10.6 Å². The van der Waals surface area contributed by atoms with Crippen molar-refractivity contribution in [1.82, 2.24) is 15.8 Å². The fraction of sp³-hybridized carbons (Fsp3) is 0.350. The van der Waals surface area contributed by atoms with Gasteiger partial charge in [-0.15, -0.1) is 0 Å². The van der Waals surface area contributed by atoms with Gasteiger partial charge in [-0.05, 0) is 42.3 Å². The Morgan fingerprint density at radius 3 is 2.61 bits per heavy atom. The molecule has 2 heterocycles. The van der Waals surface area contributed by atoms with E-state index >= 15 is 0 Å². The van der Waals surface area contributed by atoms with E-state index in [1.807, 2.05) is 13.0 Å². The van der Waals surface area contributed by atoms with Crippen molar-refractivity contribution in [3.05, 3.63) is 58.1 Å². The molecule has 4 unspecified atom stereocenters. The van der Waals surface area contributed by atoms with Gasteiger partial charge in [0, 0.05) is 23.0 Å². The number of rotatable bonds is 4. The second kappa shape index (κ2) is 7.25. The molecule has 0 aromatic heterocycles. The number of fused-ring (bicyclic) bond motifs is 1. The molecule has 2 fully saturated rings. The highest BCUT2D eigenvalue weighted by molar-refractivity contribution is 6.31. The largest absolute Gasteiger partial charge is 0.508 e. The van der Waals surface area contributed by atoms with Crippen LogP contribution in [0.4, 0.5) is 0 Å². The molecule has 4 atom stereocenters. The average Bonchev–Trinajstić information content (AvgIpc) is 3.18. The molecule has 0 spiro atoms. The number of benzene rings is 2. The number of nitrogens with one attached hydrogen (secondary N) is 2. The first kappa shape index (κ1) is 19.0. The van der Waals surface area contributed by atoms with Gasteiger partial charge in [-0.3, -0.25) is 4.79 Å². The Balaban J connectivity index is 1.81. The first-order valence-electron chi connectivity index (χ1n) is 9.12. The third-order valence-electron chi connectivity index (χ3n) is 5.61. The van der Waals surface area contributed by atoms with E-state index in [9.17, 15) is 20.1 Å². The smallest absolute Gasteiger partial charge is 0.242 e. The van der Waals surface area contributed by atoms with Gasteiger partial charge in [-0.2, -0.15) is 0 Å². The van der Waals surface area contributed by atoms with E-state index in [1.54, 1.807) is 35.2 Å². The molecule has 0 aliphatic carbocycles. The number of aliphatic hydroxyl groups is 1. The van der Waals surface area contributed by atoms with Gasteiger partial charge in [0.1, 0.15) is 17.5 Å². The number of aromatic hydroxyl groups is 2. The number of likely N-dealkylation sites (tertiary alicyclic amines) is 1. The standard InChI is InChI=1S/C20H22ClN3O4/c1-10-7-15(27)13(9-14(10)21)17-16-18(23-22-17)20(28)24(5-6-25)19(16)11-3-2-4-12(26)8-11/h2-4,7-9,16-19,22-23,25-27H,5-6H2,1H3. The zero-order valence-corrected chi connectivity index (χ0v) is 16.0. The zero-order chi connectivity index (χ0) is 20.0. The fourth-order valence-corrected chi connectivity index (χ4v) is 4.53. The molecule has 2 saturated heterocycles. The molecule has 2 aliphatic rings. The number of halogens is 1. The van der Waals surface area contributed by atoms with Crippen LogP contribution >= 0.6 is 11.6 Å². The van der Waals surface area contributed by atoms with E-state index in [-0.39, 0.29) is 48.6 Å². The molecular formula is C20H22ClN3O4. The second-order valence-corrected chi connectivity index (χ2v) is 7.68. The van der Waals surface area contributed by atoms with E-state index in [0.717, 1.165) is 11.1 Å². The van der Waals surface area contributed by atoms with Gasteiger partial charge in [0.25, 0.3) is 0 Å². The zero-order valence-electron chi connectivity index (χ0n) is 15.3. The predicted molar refractivity (Wildman–Crippen MR) is 104 cm³/mol. The number of nitrogens with zero attached hydrogens (tertiary/aromatic N) is 1. The highest BCUT2D eigenvalue weighted by Gasteiger charge is 2.55. The van der Waals surface area contributed by atoms with Crippen LogP contribution in [0.25, 0.3) is 0 Å². The number of phenolic OH excluding ortho intramolecular Hbond substituents is 2. The summed E-state index contributed by atoms with van der Waals surface area (Å²) < 4.78 is 0. The molecule has 0 bridgehead atoms. The van der Waals surface area contributed by atoms with E-state index in [2.05, 4.69) is 10.9 Å². The predicted octanol–water partition coefficient (Wildman–Crippen LogP) is 1.77. The van der Waals surface area contributed by atoms with Crippen LogP contribution in [0.1, 0.15) is 28.8 Å². The Kier molecular flexibility index (Phi) is 4.93. The molecule has 1 amide bonds. The number of β-amino-alcohol motifs (C(OH)–C–C–N with tert-alkyl or cyclic N) is 1. The van der Waals surface area contributed by atoms with Gasteiger partial charge in [0.15, 0.2) is 0 Å². The summed E-state index contributed by atoms with van der Waals surface area (Å²) in [7, 11) is 0. The maximum atomic E-state index is 13.0. The minimum absolute atomic E-state index is 0.101. The molecule has 5 N–H and O–H groups in total. The minimum Gasteiger partial charge on any atom is -0.508 e. The fourth-order valence-electron chi connectivity index (χ4n) is 4.36. The molecular weight excluding hydrogens is 382 g/mol. The molecule has 4 rings (SSSR count). The van der Waals surface area contributed by atoms with Gasteiger partial charge in [0.2, 0.25) is 5.91 Å². The molecule has 7 nitrogen and oxygen atoms in total. The number of carbonyl (C=O) groups excluding carboxylic acids is 1. The number of aryl methyl sites for hydroxylation is 1. The second-order valence-electron chi connectivity index (χ2n) is 7.28. The number of amides is 1. The molecule has 0 saturated carbocycles. The Labute approximate surface area is 167 Å².